The number of carboxylic acid groups (broad SMARTS) is 1. The number of rotatable bonds is 5. The van der Waals surface area contributed by atoms with Gasteiger partial charge in [0.05, 0.1) is 5.92 Å². The van der Waals surface area contributed by atoms with Crippen LogP contribution in [0.5, 0.6) is 0 Å². The standard InChI is InChI=1S/C13H23NO3/c1-8(2)9(3)7-12(15)14-11-6-4-5-10(11)13(16)17/h8-11H,4-7H2,1-3H3,(H,14,15)(H,16,17)/t9?,10-,11+/m0/s1. The van der Waals surface area contributed by atoms with E-state index in [1.165, 1.54) is 0 Å². The van der Waals surface area contributed by atoms with Crippen molar-refractivity contribution in [2.75, 3.05) is 0 Å². The number of hydrogen-bond acceptors (Lipinski definition) is 2. The van der Waals surface area contributed by atoms with E-state index in [9.17, 15) is 9.59 Å². The van der Waals surface area contributed by atoms with Gasteiger partial charge in [-0.05, 0) is 24.7 Å². The molecule has 0 aromatic carbocycles. The fraction of sp³-hybridized carbons (Fsp3) is 0.846. The molecule has 1 aliphatic rings. The molecule has 1 saturated carbocycles. The topological polar surface area (TPSA) is 66.4 Å². The summed E-state index contributed by atoms with van der Waals surface area (Å²) >= 11 is 0. The Balaban J connectivity index is 2.43. The first kappa shape index (κ1) is 14.0. The zero-order valence-electron chi connectivity index (χ0n) is 10.9. The van der Waals surface area contributed by atoms with E-state index in [4.69, 9.17) is 5.11 Å². The van der Waals surface area contributed by atoms with E-state index in [1.54, 1.807) is 0 Å². The average molecular weight is 241 g/mol. The van der Waals surface area contributed by atoms with Crippen LogP contribution in [-0.4, -0.2) is 23.0 Å². The lowest BCUT2D eigenvalue weighted by Gasteiger charge is -2.20. The Labute approximate surface area is 103 Å². The average Bonchev–Trinajstić information content (AvgIpc) is 2.65. The number of carbonyl (C=O) groups excluding carboxylic acids is 1. The maximum Gasteiger partial charge on any atom is 0.308 e. The quantitative estimate of drug-likeness (QED) is 0.774. The molecule has 1 fully saturated rings. The fourth-order valence-electron chi connectivity index (χ4n) is 2.22. The van der Waals surface area contributed by atoms with Gasteiger partial charge in [-0.15, -0.1) is 0 Å². The van der Waals surface area contributed by atoms with Crippen molar-refractivity contribution in [1.29, 1.82) is 0 Å². The van der Waals surface area contributed by atoms with Gasteiger partial charge in [0.1, 0.15) is 0 Å². The van der Waals surface area contributed by atoms with Crippen LogP contribution >= 0.6 is 0 Å². The first-order chi connectivity index (χ1) is 7.91. The Bertz CT molecular complexity index is 288. The van der Waals surface area contributed by atoms with E-state index in [2.05, 4.69) is 19.2 Å². The summed E-state index contributed by atoms with van der Waals surface area (Å²) in [6.45, 7) is 6.23. The van der Waals surface area contributed by atoms with E-state index in [-0.39, 0.29) is 11.9 Å². The van der Waals surface area contributed by atoms with Crippen LogP contribution < -0.4 is 5.32 Å². The van der Waals surface area contributed by atoms with Gasteiger partial charge in [0.15, 0.2) is 0 Å². The molecule has 4 nitrogen and oxygen atoms in total. The van der Waals surface area contributed by atoms with Gasteiger partial charge < -0.3 is 10.4 Å². The van der Waals surface area contributed by atoms with Crippen molar-refractivity contribution in [2.45, 2.75) is 52.5 Å². The zero-order chi connectivity index (χ0) is 13.0. The lowest BCUT2D eigenvalue weighted by molar-refractivity contribution is -0.142. The Morgan fingerprint density at radius 2 is 1.94 bits per heavy atom. The second-order valence-electron chi connectivity index (χ2n) is 5.48. The molecule has 0 aliphatic heterocycles. The minimum Gasteiger partial charge on any atom is -0.481 e. The van der Waals surface area contributed by atoms with Crippen molar-refractivity contribution in [1.82, 2.24) is 5.32 Å². The predicted molar refractivity (Wildman–Crippen MR) is 65.5 cm³/mol. The SMILES string of the molecule is CC(C)C(C)CC(=O)N[C@@H]1CCC[C@@H]1C(=O)O. The number of carboxylic acids is 1. The number of nitrogens with one attached hydrogen (secondary N) is 1. The van der Waals surface area contributed by atoms with Gasteiger partial charge in [-0.2, -0.15) is 0 Å². The van der Waals surface area contributed by atoms with Crippen LogP contribution in [0.25, 0.3) is 0 Å². The minimum atomic E-state index is -0.787. The molecule has 0 saturated heterocycles. The van der Waals surface area contributed by atoms with Crippen LogP contribution in [0.4, 0.5) is 0 Å². The van der Waals surface area contributed by atoms with Gasteiger partial charge in [0.2, 0.25) is 5.91 Å². The third-order valence-corrected chi connectivity index (χ3v) is 3.82. The molecule has 0 heterocycles. The molecule has 17 heavy (non-hydrogen) atoms. The summed E-state index contributed by atoms with van der Waals surface area (Å²) in [6.07, 6.45) is 2.85. The molecule has 0 aromatic rings. The molecule has 0 spiro atoms. The van der Waals surface area contributed by atoms with Crippen molar-refractivity contribution in [3.63, 3.8) is 0 Å². The van der Waals surface area contributed by atoms with Crippen molar-refractivity contribution < 1.29 is 14.7 Å². The lowest BCUT2D eigenvalue weighted by Crippen LogP contribution is -2.40. The van der Waals surface area contributed by atoms with Crippen molar-refractivity contribution in [3.8, 4) is 0 Å². The minimum absolute atomic E-state index is 0.00986. The predicted octanol–water partition coefficient (Wildman–Crippen LogP) is 2.04. The van der Waals surface area contributed by atoms with Gasteiger partial charge in [-0.25, -0.2) is 0 Å². The second-order valence-corrected chi connectivity index (χ2v) is 5.48. The molecule has 1 amide bonds. The fourth-order valence-corrected chi connectivity index (χ4v) is 2.22. The maximum atomic E-state index is 11.8. The Morgan fingerprint density at radius 3 is 2.47 bits per heavy atom. The number of hydrogen-bond donors (Lipinski definition) is 2. The molecule has 0 aromatic heterocycles. The summed E-state index contributed by atoms with van der Waals surface area (Å²) in [5.74, 6) is -0.387. The maximum absolute atomic E-state index is 11.8. The molecule has 0 bridgehead atoms. The van der Waals surface area contributed by atoms with E-state index in [0.717, 1.165) is 12.8 Å². The first-order valence-corrected chi connectivity index (χ1v) is 6.44. The third-order valence-electron chi connectivity index (χ3n) is 3.82. The Kier molecular flexibility index (Phi) is 4.97. The molecule has 1 unspecified atom stereocenters. The molecule has 0 radical (unpaired) electrons. The van der Waals surface area contributed by atoms with Crippen LogP contribution in [0.1, 0.15) is 46.5 Å². The third kappa shape index (κ3) is 4.02. The van der Waals surface area contributed by atoms with E-state index < -0.39 is 11.9 Å². The van der Waals surface area contributed by atoms with Gasteiger partial charge in [0.25, 0.3) is 0 Å². The van der Waals surface area contributed by atoms with Crippen LogP contribution in [0, 0.1) is 17.8 Å². The van der Waals surface area contributed by atoms with E-state index in [1.807, 2.05) is 6.92 Å². The molecule has 3 atom stereocenters. The van der Waals surface area contributed by atoms with Gasteiger partial charge in [-0.3, -0.25) is 9.59 Å². The largest absolute Gasteiger partial charge is 0.481 e. The molecule has 4 heteroatoms. The number of carbonyl (C=O) groups is 2. The highest BCUT2D eigenvalue weighted by Gasteiger charge is 2.33. The highest BCUT2D eigenvalue weighted by molar-refractivity contribution is 5.78. The summed E-state index contributed by atoms with van der Waals surface area (Å²) in [5.41, 5.74) is 0. The molecular formula is C13H23NO3. The summed E-state index contributed by atoms with van der Waals surface area (Å²) in [5, 5.41) is 11.9. The van der Waals surface area contributed by atoms with Crippen molar-refractivity contribution in [2.24, 2.45) is 17.8 Å². The molecule has 1 rings (SSSR count). The highest BCUT2D eigenvalue weighted by Crippen LogP contribution is 2.26. The summed E-state index contributed by atoms with van der Waals surface area (Å²) in [6, 6.07) is -0.167. The summed E-state index contributed by atoms with van der Waals surface area (Å²) < 4.78 is 0. The zero-order valence-corrected chi connectivity index (χ0v) is 10.9. The van der Waals surface area contributed by atoms with Crippen LogP contribution in [0.2, 0.25) is 0 Å². The van der Waals surface area contributed by atoms with E-state index >= 15 is 0 Å². The Morgan fingerprint density at radius 1 is 1.29 bits per heavy atom. The van der Waals surface area contributed by atoms with Gasteiger partial charge in [0, 0.05) is 12.5 Å². The van der Waals surface area contributed by atoms with Gasteiger partial charge >= 0.3 is 5.97 Å². The Hall–Kier alpha value is -1.06. The van der Waals surface area contributed by atoms with Crippen LogP contribution in [0.3, 0.4) is 0 Å². The summed E-state index contributed by atoms with van der Waals surface area (Å²) in [4.78, 5) is 22.8. The molecule has 1 aliphatic carbocycles. The highest BCUT2D eigenvalue weighted by atomic mass is 16.4. The normalized spacial score (nSPS) is 25.9. The second kappa shape index (κ2) is 6.03. The van der Waals surface area contributed by atoms with Crippen LogP contribution in [-0.2, 0) is 9.59 Å². The molecule has 2 N–H and O–H groups in total. The van der Waals surface area contributed by atoms with Gasteiger partial charge in [-0.1, -0.05) is 27.2 Å². The molecular weight excluding hydrogens is 218 g/mol. The number of amides is 1. The summed E-state index contributed by atoms with van der Waals surface area (Å²) in [7, 11) is 0. The van der Waals surface area contributed by atoms with Crippen molar-refractivity contribution >= 4 is 11.9 Å². The lowest BCUT2D eigenvalue weighted by atomic mass is 9.94. The van der Waals surface area contributed by atoms with Crippen LogP contribution in [0.15, 0.2) is 0 Å². The smallest absolute Gasteiger partial charge is 0.308 e. The van der Waals surface area contributed by atoms with E-state index in [0.29, 0.717) is 24.7 Å². The number of aliphatic carboxylic acids is 1. The monoisotopic (exact) mass is 241 g/mol. The van der Waals surface area contributed by atoms with Crippen molar-refractivity contribution in [3.05, 3.63) is 0 Å². The molecule has 98 valence electrons. The first-order valence-electron chi connectivity index (χ1n) is 6.44.